The molecular weight excluding hydrogens is 441 g/mol. The number of thiazole rings is 1. The predicted octanol–water partition coefficient (Wildman–Crippen LogP) is 5.50. The van der Waals surface area contributed by atoms with E-state index in [9.17, 15) is 18.0 Å². The highest BCUT2D eigenvalue weighted by molar-refractivity contribution is 7.20. The summed E-state index contributed by atoms with van der Waals surface area (Å²) in [5.74, 6) is -0.256. The third kappa shape index (κ3) is 4.74. The van der Waals surface area contributed by atoms with Gasteiger partial charge in [-0.2, -0.15) is 13.2 Å². The number of nitrogens with zero attached hydrogens (tertiary/aromatic N) is 1. The molecule has 3 aromatic carbocycles. The molecule has 1 amide bonds. The van der Waals surface area contributed by atoms with Crippen LogP contribution in [0.25, 0.3) is 21.3 Å². The maximum absolute atomic E-state index is 13.0. The quantitative estimate of drug-likeness (QED) is 0.401. The molecule has 9 heteroatoms. The number of benzene rings is 3. The van der Waals surface area contributed by atoms with Crippen molar-refractivity contribution in [2.24, 2.45) is 0 Å². The van der Waals surface area contributed by atoms with Crippen LogP contribution in [0.4, 0.5) is 13.2 Å². The van der Waals surface area contributed by atoms with Crippen LogP contribution in [-0.4, -0.2) is 29.1 Å². The van der Waals surface area contributed by atoms with E-state index in [0.29, 0.717) is 11.1 Å². The zero-order valence-electron chi connectivity index (χ0n) is 16.5. The van der Waals surface area contributed by atoms with E-state index in [2.05, 4.69) is 10.3 Å². The average Bonchev–Trinajstić information content (AvgIpc) is 3.19. The van der Waals surface area contributed by atoms with E-state index >= 15 is 0 Å². The van der Waals surface area contributed by atoms with E-state index in [1.807, 2.05) is 18.2 Å². The van der Waals surface area contributed by atoms with Gasteiger partial charge in [-0.15, -0.1) is 0 Å². The van der Waals surface area contributed by atoms with Gasteiger partial charge in [0, 0.05) is 17.7 Å². The van der Waals surface area contributed by atoms with Crippen LogP contribution in [0.1, 0.15) is 15.9 Å². The Morgan fingerprint density at radius 1 is 1.06 bits per heavy atom. The van der Waals surface area contributed by atoms with Crippen molar-refractivity contribution >= 4 is 27.5 Å². The SMILES string of the molecule is O=C(NCCO)c1cccc(-c2cccc3nc(Oc4cccc(C(F)(F)F)c4)sc23)c1. The smallest absolute Gasteiger partial charge is 0.416 e. The van der Waals surface area contributed by atoms with Gasteiger partial charge in [-0.05, 0) is 42.0 Å². The molecule has 32 heavy (non-hydrogen) atoms. The number of nitrogens with one attached hydrogen (secondary N) is 1. The van der Waals surface area contributed by atoms with Crippen molar-refractivity contribution in [3.8, 4) is 22.1 Å². The number of fused-ring (bicyclic) bond motifs is 1. The van der Waals surface area contributed by atoms with E-state index < -0.39 is 11.7 Å². The van der Waals surface area contributed by atoms with Crippen LogP contribution in [-0.2, 0) is 6.18 Å². The molecule has 4 rings (SSSR count). The molecule has 0 aliphatic carbocycles. The minimum absolute atomic E-state index is 0.0444. The minimum atomic E-state index is -4.46. The number of amides is 1. The standard InChI is InChI=1S/C23H17F3N2O3S/c24-23(25,26)16-6-2-7-17(13-16)31-22-28-19-9-3-8-18(20(19)32-22)14-4-1-5-15(12-14)21(30)27-10-11-29/h1-9,12-13,29H,10-11H2,(H,27,30). The molecule has 4 aromatic rings. The summed E-state index contributed by atoms with van der Waals surface area (Å²) in [6, 6.07) is 17.1. The van der Waals surface area contributed by atoms with Crippen LogP contribution in [0, 0.1) is 0 Å². The molecule has 0 aliphatic heterocycles. The summed E-state index contributed by atoms with van der Waals surface area (Å²) >= 11 is 1.21. The van der Waals surface area contributed by atoms with Crippen molar-refractivity contribution in [2.75, 3.05) is 13.2 Å². The first kappa shape index (κ1) is 21.8. The molecular formula is C23H17F3N2O3S. The summed E-state index contributed by atoms with van der Waals surface area (Å²) in [5, 5.41) is 11.7. The van der Waals surface area contributed by atoms with E-state index in [0.717, 1.165) is 28.0 Å². The molecule has 0 bridgehead atoms. The van der Waals surface area contributed by atoms with Gasteiger partial charge in [0.05, 0.1) is 22.4 Å². The molecule has 0 atom stereocenters. The summed E-state index contributed by atoms with van der Waals surface area (Å²) in [6.45, 7) is 0.00395. The number of hydrogen-bond donors (Lipinski definition) is 2. The highest BCUT2D eigenvalue weighted by atomic mass is 32.1. The number of hydrogen-bond acceptors (Lipinski definition) is 5. The Hall–Kier alpha value is -3.43. The van der Waals surface area contributed by atoms with E-state index in [4.69, 9.17) is 9.84 Å². The Morgan fingerprint density at radius 3 is 2.62 bits per heavy atom. The maximum atomic E-state index is 13.0. The average molecular weight is 458 g/mol. The molecule has 164 valence electrons. The third-order valence-corrected chi connectivity index (χ3v) is 5.58. The first-order valence-electron chi connectivity index (χ1n) is 9.59. The zero-order chi connectivity index (χ0) is 22.7. The molecule has 2 N–H and O–H groups in total. The Labute approximate surface area is 185 Å². The van der Waals surface area contributed by atoms with Gasteiger partial charge >= 0.3 is 6.18 Å². The van der Waals surface area contributed by atoms with E-state index in [1.54, 1.807) is 24.3 Å². The number of aromatic nitrogens is 1. The number of aliphatic hydroxyl groups is 1. The number of rotatable bonds is 6. The van der Waals surface area contributed by atoms with Crippen LogP contribution in [0.2, 0.25) is 0 Å². The van der Waals surface area contributed by atoms with Crippen molar-refractivity contribution in [3.63, 3.8) is 0 Å². The van der Waals surface area contributed by atoms with Crippen molar-refractivity contribution in [1.82, 2.24) is 10.3 Å². The Kier molecular flexibility index (Phi) is 6.11. The van der Waals surface area contributed by atoms with Crippen LogP contribution < -0.4 is 10.1 Å². The molecule has 5 nitrogen and oxygen atoms in total. The third-order valence-electron chi connectivity index (χ3n) is 4.60. The van der Waals surface area contributed by atoms with Gasteiger partial charge in [-0.25, -0.2) is 4.98 Å². The number of halogens is 3. The fourth-order valence-electron chi connectivity index (χ4n) is 3.14. The monoisotopic (exact) mass is 458 g/mol. The Morgan fingerprint density at radius 2 is 1.84 bits per heavy atom. The van der Waals surface area contributed by atoms with Crippen LogP contribution in [0.5, 0.6) is 10.9 Å². The minimum Gasteiger partial charge on any atom is -0.431 e. The van der Waals surface area contributed by atoms with Gasteiger partial charge in [-0.3, -0.25) is 4.79 Å². The van der Waals surface area contributed by atoms with Crippen molar-refractivity contribution in [1.29, 1.82) is 0 Å². The van der Waals surface area contributed by atoms with Crippen molar-refractivity contribution in [3.05, 3.63) is 77.9 Å². The first-order chi connectivity index (χ1) is 15.3. The van der Waals surface area contributed by atoms with Crippen LogP contribution in [0.15, 0.2) is 66.7 Å². The molecule has 1 aromatic heterocycles. The van der Waals surface area contributed by atoms with Gasteiger partial charge in [0.25, 0.3) is 11.1 Å². The number of ether oxygens (including phenoxy) is 1. The molecule has 0 saturated carbocycles. The lowest BCUT2D eigenvalue weighted by atomic mass is 10.0. The first-order valence-corrected chi connectivity index (χ1v) is 10.4. The van der Waals surface area contributed by atoms with Gasteiger partial charge in [-0.1, -0.05) is 41.7 Å². The molecule has 0 spiro atoms. The summed E-state index contributed by atoms with van der Waals surface area (Å²) in [5.41, 5.74) is 1.87. The summed E-state index contributed by atoms with van der Waals surface area (Å²) < 4.78 is 45.3. The predicted molar refractivity (Wildman–Crippen MR) is 116 cm³/mol. The Balaban J connectivity index is 1.66. The lowest BCUT2D eigenvalue weighted by molar-refractivity contribution is -0.137. The molecule has 0 fully saturated rings. The number of carbonyl (C=O) groups excluding carboxylic acids is 1. The largest absolute Gasteiger partial charge is 0.431 e. The van der Waals surface area contributed by atoms with Crippen molar-refractivity contribution in [2.45, 2.75) is 6.18 Å². The second-order valence-electron chi connectivity index (χ2n) is 6.82. The number of aliphatic hydroxyl groups excluding tert-OH is 1. The molecule has 0 radical (unpaired) electrons. The fraction of sp³-hybridized carbons (Fsp3) is 0.130. The van der Waals surface area contributed by atoms with Gasteiger partial charge < -0.3 is 15.2 Å². The molecule has 0 aliphatic rings. The lowest BCUT2D eigenvalue weighted by Crippen LogP contribution is -2.26. The summed E-state index contributed by atoms with van der Waals surface area (Å²) in [4.78, 5) is 16.6. The molecule has 1 heterocycles. The Bertz CT molecular complexity index is 1270. The lowest BCUT2D eigenvalue weighted by Gasteiger charge is -2.08. The number of alkyl halides is 3. The summed E-state index contributed by atoms with van der Waals surface area (Å²) in [7, 11) is 0. The zero-order valence-corrected chi connectivity index (χ0v) is 17.3. The second kappa shape index (κ2) is 8.97. The topological polar surface area (TPSA) is 71.5 Å². The molecule has 0 unspecified atom stereocenters. The van der Waals surface area contributed by atoms with Crippen LogP contribution in [0.3, 0.4) is 0 Å². The van der Waals surface area contributed by atoms with Crippen LogP contribution >= 0.6 is 11.3 Å². The summed E-state index contributed by atoms with van der Waals surface area (Å²) in [6.07, 6.45) is -4.46. The van der Waals surface area contributed by atoms with Gasteiger partial charge in [0.2, 0.25) is 0 Å². The van der Waals surface area contributed by atoms with Crippen molar-refractivity contribution < 1.29 is 27.8 Å². The van der Waals surface area contributed by atoms with Gasteiger partial charge in [0.1, 0.15) is 5.75 Å². The highest BCUT2D eigenvalue weighted by Crippen LogP contribution is 2.39. The number of carbonyl (C=O) groups is 1. The molecule has 0 saturated heterocycles. The maximum Gasteiger partial charge on any atom is 0.416 e. The second-order valence-corrected chi connectivity index (χ2v) is 7.78. The van der Waals surface area contributed by atoms with Gasteiger partial charge in [0.15, 0.2) is 0 Å². The van der Waals surface area contributed by atoms with E-state index in [-0.39, 0.29) is 30.0 Å². The highest BCUT2D eigenvalue weighted by Gasteiger charge is 2.30. The van der Waals surface area contributed by atoms with E-state index in [1.165, 1.54) is 23.5 Å². The fourth-order valence-corrected chi connectivity index (χ4v) is 4.11. The normalized spacial score (nSPS) is 11.5.